The van der Waals surface area contributed by atoms with Crippen molar-refractivity contribution in [1.82, 2.24) is 34.9 Å². The quantitative estimate of drug-likeness (QED) is 0.0377. The molecule has 19 nitrogen and oxygen atoms in total. The first-order chi connectivity index (χ1) is 38.5. The first kappa shape index (κ1) is 51.1. The summed E-state index contributed by atoms with van der Waals surface area (Å²) in [5, 5.41) is 41.6. The highest BCUT2D eigenvalue weighted by Gasteiger charge is 2.37. The molecule has 0 spiro atoms. The Balaban J connectivity index is 1.03. The standard InChI is InChI=1S/C57H32Cl4N8O11/c1-69-52-40-41(43(59)45(61)44(60)42(40)58)53(69)68-51-39-21-30(10-11-38(39)49(66-51)64-47-35-7-3-2-6-34(35)46(62-47)63-48-36-8-4-5-9-37(36)50(65-48)67-52)80-33-13-24(22-78-31-17-26(54(70)71)15-27(18-31)55(72)73)12-25(14-33)23-79-32-19-28(56(74)75)16-29(20-32)57(76)77/h2-21H,22-23H2,1H3,(H5,62,63,64,65,66,67,68,70,71,72,73,74,75,76,77)/p+1. The van der Waals surface area contributed by atoms with Crippen molar-refractivity contribution in [2.45, 2.75) is 13.2 Å². The van der Waals surface area contributed by atoms with Crippen LogP contribution in [-0.2, 0) is 20.3 Å². The van der Waals surface area contributed by atoms with Crippen LogP contribution in [0.1, 0.15) is 52.6 Å². The molecule has 80 heavy (non-hydrogen) atoms. The van der Waals surface area contributed by atoms with Crippen molar-refractivity contribution in [3.63, 3.8) is 0 Å². The second kappa shape index (κ2) is 20.0. The molecular weight excluding hydrogens is 1110 g/mol. The number of carboxylic acid groups (broad SMARTS) is 4. The first-order valence-corrected chi connectivity index (χ1v) is 25.3. The van der Waals surface area contributed by atoms with E-state index in [0.29, 0.717) is 67.4 Å². The number of benzene rings is 7. The summed E-state index contributed by atoms with van der Waals surface area (Å²) in [6, 6.07) is 32.1. The van der Waals surface area contributed by atoms with Gasteiger partial charge < -0.3 is 44.6 Å². The topological polar surface area (TPSA) is 277 Å². The number of hydrogen-bond acceptors (Lipinski definition) is 12. The van der Waals surface area contributed by atoms with E-state index in [1.807, 2.05) is 48.5 Å². The lowest BCUT2D eigenvalue weighted by molar-refractivity contribution is -0.650. The number of carbonyl (C=O) groups is 4. The van der Waals surface area contributed by atoms with Crippen molar-refractivity contribution in [1.29, 1.82) is 0 Å². The van der Waals surface area contributed by atoms with Crippen LogP contribution in [0.3, 0.4) is 0 Å². The minimum atomic E-state index is -1.37. The maximum Gasteiger partial charge on any atom is 0.335 e. The predicted octanol–water partition coefficient (Wildman–Crippen LogP) is 12.7. The van der Waals surface area contributed by atoms with Gasteiger partial charge in [-0.05, 0) is 90.0 Å². The number of rotatable bonds is 12. The summed E-state index contributed by atoms with van der Waals surface area (Å²) in [6.07, 6.45) is 0. The predicted molar refractivity (Wildman–Crippen MR) is 295 cm³/mol. The van der Waals surface area contributed by atoms with Gasteiger partial charge in [0.2, 0.25) is 11.3 Å². The molecule has 0 aliphatic carbocycles. The zero-order chi connectivity index (χ0) is 55.8. The van der Waals surface area contributed by atoms with E-state index in [-0.39, 0.29) is 90.0 Å². The average Bonchev–Trinajstić information content (AvgIpc) is 4.03. The Kier molecular flexibility index (Phi) is 12.8. The normalized spacial score (nSPS) is 11.6. The fourth-order valence-corrected chi connectivity index (χ4v) is 10.5. The van der Waals surface area contributed by atoms with Crippen LogP contribution in [0.25, 0.3) is 89.7 Å². The summed E-state index contributed by atoms with van der Waals surface area (Å²) in [6.45, 7) is -0.480. The van der Waals surface area contributed by atoms with Gasteiger partial charge in [-0.2, -0.15) is 0 Å². The Morgan fingerprint density at radius 3 is 1.31 bits per heavy atom. The summed E-state index contributed by atoms with van der Waals surface area (Å²) in [5.41, 5.74) is 3.36. The second-order valence-corrected chi connectivity index (χ2v) is 19.8. The van der Waals surface area contributed by atoms with Crippen LogP contribution in [0.5, 0.6) is 23.0 Å². The highest BCUT2D eigenvalue weighted by atomic mass is 35.5. The molecular formula is C57H33Cl4N8O11+. The van der Waals surface area contributed by atoms with Gasteiger partial charge in [0.1, 0.15) is 47.5 Å². The molecule has 0 atom stereocenters. The summed E-state index contributed by atoms with van der Waals surface area (Å²) in [4.78, 5) is 80.0. The number of aromatic nitrogens is 8. The lowest BCUT2D eigenvalue weighted by Gasteiger charge is -2.14. The lowest BCUT2D eigenvalue weighted by atomic mass is 10.1. The lowest BCUT2D eigenvalue weighted by Crippen LogP contribution is -2.30. The third kappa shape index (κ3) is 9.22. The molecule has 0 fully saturated rings. The molecule has 6 N–H and O–H groups in total. The van der Waals surface area contributed by atoms with Crippen molar-refractivity contribution in [2.24, 2.45) is 7.05 Å². The smallest absolute Gasteiger partial charge is 0.335 e. The molecule has 23 heteroatoms. The number of halogens is 4. The van der Waals surface area contributed by atoms with Crippen molar-refractivity contribution >= 4 is 114 Å². The van der Waals surface area contributed by atoms with Crippen LogP contribution in [-0.4, -0.2) is 79.2 Å². The maximum absolute atomic E-state index is 11.9. The molecule has 394 valence electrons. The molecule has 0 saturated carbocycles. The van der Waals surface area contributed by atoms with Gasteiger partial charge in [-0.3, -0.25) is 0 Å². The van der Waals surface area contributed by atoms with Gasteiger partial charge in [-0.25, -0.2) is 38.7 Å². The molecule has 0 amide bonds. The Bertz CT molecular complexity index is 4420. The van der Waals surface area contributed by atoms with Crippen LogP contribution < -0.4 is 18.8 Å². The van der Waals surface area contributed by atoms with E-state index in [2.05, 4.69) is 9.97 Å². The minimum absolute atomic E-state index is 0.000776. The van der Waals surface area contributed by atoms with Gasteiger partial charge in [0.15, 0.2) is 11.6 Å². The van der Waals surface area contributed by atoms with Crippen molar-refractivity contribution in [3.05, 3.63) is 175 Å². The largest absolute Gasteiger partial charge is 0.489 e. The average molecular weight is 1150 g/mol. The van der Waals surface area contributed by atoms with E-state index < -0.39 is 23.9 Å². The van der Waals surface area contributed by atoms with Crippen LogP contribution in [0.15, 0.2) is 121 Å². The van der Waals surface area contributed by atoms with Gasteiger partial charge in [-0.1, -0.05) is 98.8 Å². The summed E-state index contributed by atoms with van der Waals surface area (Å²) in [7, 11) is 1.75. The molecule has 2 aliphatic heterocycles. The van der Waals surface area contributed by atoms with E-state index in [4.69, 9.17) is 85.5 Å². The van der Waals surface area contributed by atoms with E-state index in [9.17, 15) is 39.6 Å². The number of carboxylic acids is 4. The third-order valence-corrected chi connectivity index (χ3v) is 14.9. The molecule has 10 aromatic rings. The van der Waals surface area contributed by atoms with Crippen molar-refractivity contribution in [2.75, 3.05) is 0 Å². The fraction of sp³-hybridized carbons (Fsp3) is 0.0526. The SMILES string of the molecule is C[n+]1c2nc3[nH]c(nc4nc(nc5[nH]c(nc1-c1c(Cl)c(Cl)c(Cl)c(Cl)c1-2)c1cc(Oc2cc(COc6cc(C(=O)O)cc(C(=O)O)c6)cc(COc6cc(C(=O)O)cc(C(=O)O)c6)c2)ccc51)-c1ccccc1-4)c1ccccc31. The van der Waals surface area contributed by atoms with Gasteiger partial charge in [0, 0.05) is 32.7 Å². The van der Waals surface area contributed by atoms with E-state index in [0.717, 1.165) is 34.0 Å². The van der Waals surface area contributed by atoms with Crippen molar-refractivity contribution in [3.8, 4) is 68.5 Å². The molecule has 3 aromatic heterocycles. The monoisotopic (exact) mass is 1150 g/mol. The molecule has 2 aliphatic rings. The number of hydrogen-bond donors (Lipinski definition) is 6. The Hall–Kier alpha value is -9.66. The number of H-pyrrole nitrogens is 2. The zero-order valence-electron chi connectivity index (χ0n) is 40.8. The van der Waals surface area contributed by atoms with Gasteiger partial charge in [0.05, 0.1) is 60.5 Å². The van der Waals surface area contributed by atoms with Gasteiger partial charge in [0.25, 0.3) is 11.6 Å². The summed E-state index contributed by atoms with van der Waals surface area (Å²) in [5.74, 6) is -3.69. The third-order valence-electron chi connectivity index (χ3n) is 13.1. The number of fused-ring (bicyclic) bond motifs is 20. The minimum Gasteiger partial charge on any atom is -0.489 e. The second-order valence-electron chi connectivity index (χ2n) is 18.2. The molecule has 0 unspecified atom stereocenters. The molecule has 12 rings (SSSR count). The molecule has 0 saturated heterocycles. The zero-order valence-corrected chi connectivity index (χ0v) is 43.8. The fourth-order valence-electron chi connectivity index (χ4n) is 9.45. The Morgan fingerprint density at radius 2 is 0.863 bits per heavy atom. The van der Waals surface area contributed by atoms with Crippen LogP contribution >= 0.6 is 46.4 Å². The number of ether oxygens (including phenoxy) is 3. The first-order valence-electron chi connectivity index (χ1n) is 23.8. The Labute approximate surface area is 468 Å². The van der Waals surface area contributed by atoms with Crippen LogP contribution in [0.2, 0.25) is 20.1 Å². The van der Waals surface area contributed by atoms with Gasteiger partial charge in [-0.15, -0.1) is 0 Å². The van der Waals surface area contributed by atoms with Gasteiger partial charge >= 0.3 is 23.9 Å². The highest BCUT2D eigenvalue weighted by molar-refractivity contribution is 6.54. The van der Waals surface area contributed by atoms with Crippen molar-refractivity contribution < 1.29 is 58.4 Å². The number of aromatic carboxylic acids is 4. The van der Waals surface area contributed by atoms with Crippen LogP contribution in [0, 0.1) is 0 Å². The van der Waals surface area contributed by atoms with E-state index in [1.165, 1.54) is 24.3 Å². The molecule has 5 heterocycles. The molecule has 0 radical (unpaired) electrons. The van der Waals surface area contributed by atoms with Crippen LogP contribution in [0.4, 0.5) is 0 Å². The van der Waals surface area contributed by atoms with E-state index in [1.54, 1.807) is 48.0 Å². The molecule has 8 bridgehead atoms. The number of nitrogens with zero attached hydrogens (tertiary/aromatic N) is 6. The highest BCUT2D eigenvalue weighted by Crippen LogP contribution is 2.50. The summed E-state index contributed by atoms with van der Waals surface area (Å²) < 4.78 is 20.3. The van der Waals surface area contributed by atoms with E-state index >= 15 is 0 Å². The Morgan fingerprint density at radius 1 is 0.450 bits per heavy atom. The number of nitrogens with one attached hydrogen (secondary N) is 2. The molecule has 7 aromatic carbocycles. The number of aromatic amines is 2. The summed E-state index contributed by atoms with van der Waals surface area (Å²) >= 11 is 27.7. The maximum atomic E-state index is 11.9.